The monoisotopic (exact) mass is 467 g/mol. The molecule has 164 valence electrons. The van der Waals surface area contributed by atoms with Gasteiger partial charge in [-0.05, 0) is 73.7 Å². The maximum absolute atomic E-state index is 12.3. The van der Waals surface area contributed by atoms with Crippen molar-refractivity contribution in [3.05, 3.63) is 59.2 Å². The second-order valence-electron chi connectivity index (χ2n) is 9.01. The summed E-state index contributed by atoms with van der Waals surface area (Å²) >= 11 is 1.64. The molecule has 2 aromatic heterocycles. The van der Waals surface area contributed by atoms with Crippen molar-refractivity contribution in [2.75, 3.05) is 0 Å². The fourth-order valence-electron chi connectivity index (χ4n) is 4.90. The van der Waals surface area contributed by atoms with E-state index in [1.54, 1.807) is 17.4 Å². The van der Waals surface area contributed by atoms with Crippen LogP contribution in [-0.4, -0.2) is 17.1 Å². The number of hydrogen-bond acceptors (Lipinski definition) is 5. The smallest absolute Gasteiger partial charge is 0.545 e. The van der Waals surface area contributed by atoms with Crippen molar-refractivity contribution in [2.45, 2.75) is 52.6 Å². The van der Waals surface area contributed by atoms with Crippen LogP contribution in [0.4, 0.5) is 0 Å². The summed E-state index contributed by atoms with van der Waals surface area (Å²) in [5.74, 6) is 0.00706. The first kappa shape index (κ1) is 24.2. The number of carboxylic acids is 1. The van der Waals surface area contributed by atoms with E-state index in [0.29, 0.717) is 28.3 Å². The van der Waals surface area contributed by atoms with Crippen molar-refractivity contribution in [2.24, 2.45) is 5.92 Å². The van der Waals surface area contributed by atoms with Gasteiger partial charge in [0.15, 0.2) is 0 Å². The third-order valence-electron chi connectivity index (χ3n) is 6.60. The fraction of sp³-hybridized carbons (Fsp3) is 0.333. The van der Waals surface area contributed by atoms with Crippen molar-refractivity contribution in [3.8, 4) is 16.3 Å². The van der Waals surface area contributed by atoms with E-state index in [9.17, 15) is 9.90 Å². The van der Waals surface area contributed by atoms with E-state index in [1.165, 1.54) is 11.8 Å². The zero-order valence-electron chi connectivity index (χ0n) is 19.6. The molecule has 33 heavy (non-hydrogen) atoms. The number of ether oxygens (including phenoxy) is 1. The zero-order valence-corrected chi connectivity index (χ0v) is 22.4. The number of pyridine rings is 1. The number of nitrogens with zero attached hydrogens (tertiary/aromatic N) is 1. The summed E-state index contributed by atoms with van der Waals surface area (Å²) in [6, 6.07) is 13.7. The second-order valence-corrected chi connectivity index (χ2v) is 10.1. The van der Waals surface area contributed by atoms with E-state index in [0.717, 1.165) is 40.0 Å². The molecule has 0 unspecified atom stereocenters. The minimum atomic E-state index is -1.20. The molecule has 5 rings (SSSR count). The Morgan fingerprint density at radius 2 is 1.94 bits per heavy atom. The Hall–Kier alpha value is -1.92. The van der Waals surface area contributed by atoms with Crippen LogP contribution in [0.3, 0.4) is 0 Å². The Bertz CT molecular complexity index is 1350. The number of rotatable bonds is 4. The number of carbonyl (C=O) groups excluding carboxylic acids is 1. The Morgan fingerprint density at radius 1 is 1.15 bits per heavy atom. The third-order valence-corrected chi connectivity index (χ3v) is 7.90. The summed E-state index contributed by atoms with van der Waals surface area (Å²) < 4.78 is 7.54. The van der Waals surface area contributed by atoms with E-state index in [2.05, 4.69) is 26.0 Å². The molecule has 6 heteroatoms. The molecule has 2 heterocycles. The predicted octanol–water partition coefficient (Wildman–Crippen LogP) is 3.06. The molecule has 0 saturated heterocycles. The van der Waals surface area contributed by atoms with Crippen LogP contribution in [-0.2, 0) is 0 Å². The largest absolute Gasteiger partial charge is 1.00 e. The van der Waals surface area contributed by atoms with Gasteiger partial charge in [-0.1, -0.05) is 37.6 Å². The van der Waals surface area contributed by atoms with Crippen molar-refractivity contribution in [1.29, 1.82) is 0 Å². The van der Waals surface area contributed by atoms with Crippen molar-refractivity contribution in [1.82, 2.24) is 4.98 Å². The number of aromatic carboxylic acids is 1. The minimum Gasteiger partial charge on any atom is -0.545 e. The normalized spacial score (nSPS) is 18.3. The summed E-state index contributed by atoms with van der Waals surface area (Å²) in [5.41, 5.74) is 3.52. The first-order valence-corrected chi connectivity index (χ1v) is 12.0. The van der Waals surface area contributed by atoms with Crippen LogP contribution in [0.1, 0.15) is 54.1 Å². The average molecular weight is 468 g/mol. The molecule has 0 amide bonds. The fourth-order valence-corrected chi connectivity index (χ4v) is 6.07. The van der Waals surface area contributed by atoms with Gasteiger partial charge in [0.2, 0.25) is 0 Å². The minimum absolute atomic E-state index is 0. The van der Waals surface area contributed by atoms with E-state index < -0.39 is 5.97 Å². The van der Waals surface area contributed by atoms with E-state index in [-0.39, 0.29) is 41.2 Å². The van der Waals surface area contributed by atoms with Crippen LogP contribution < -0.4 is 39.4 Å². The van der Waals surface area contributed by atoms with Crippen LogP contribution >= 0.6 is 11.3 Å². The van der Waals surface area contributed by atoms with Crippen LogP contribution in [0, 0.1) is 19.8 Å². The van der Waals surface area contributed by atoms with Gasteiger partial charge in [0.05, 0.1) is 33.5 Å². The number of thiophene rings is 1. The van der Waals surface area contributed by atoms with Gasteiger partial charge in [-0.25, -0.2) is 4.98 Å². The molecule has 2 aromatic carbocycles. The van der Waals surface area contributed by atoms with Gasteiger partial charge in [-0.3, -0.25) is 0 Å². The number of aromatic nitrogens is 1. The molecule has 0 aliphatic heterocycles. The Labute approximate surface area is 220 Å². The number of aryl methyl sites for hydroxylation is 2. The Kier molecular flexibility index (Phi) is 7.15. The summed E-state index contributed by atoms with van der Waals surface area (Å²) in [6.07, 6.45) is 4.44. The van der Waals surface area contributed by atoms with Gasteiger partial charge < -0.3 is 14.6 Å². The van der Waals surface area contributed by atoms with E-state index in [4.69, 9.17) is 9.72 Å². The zero-order chi connectivity index (χ0) is 22.4. The SMILES string of the molecule is Cc1c(-c2cc(C(=O)[O-])c3c(O[C@H]4CCC[C@@H](C)C4)ccc(C)c3n2)sc2ccccc12.[Na+]. The summed E-state index contributed by atoms with van der Waals surface area (Å²) in [4.78, 5) is 18.2. The molecule has 0 N–H and O–H groups in total. The average Bonchev–Trinajstić information content (AvgIpc) is 3.12. The molecule has 0 spiro atoms. The molecule has 1 fully saturated rings. The van der Waals surface area contributed by atoms with Gasteiger partial charge in [0, 0.05) is 10.3 Å². The molecular formula is C27H26NNaO3S. The quantitative estimate of drug-likeness (QED) is 0.433. The topological polar surface area (TPSA) is 62.2 Å². The molecule has 0 radical (unpaired) electrons. The van der Waals surface area contributed by atoms with Crippen LogP contribution in [0.25, 0.3) is 31.6 Å². The molecule has 1 aliphatic rings. The first-order valence-electron chi connectivity index (χ1n) is 11.2. The maximum atomic E-state index is 12.3. The number of benzene rings is 2. The van der Waals surface area contributed by atoms with Gasteiger partial charge >= 0.3 is 29.6 Å². The molecule has 0 bridgehead atoms. The van der Waals surface area contributed by atoms with Gasteiger partial charge in [0.25, 0.3) is 0 Å². The number of hydrogen-bond donors (Lipinski definition) is 0. The van der Waals surface area contributed by atoms with Crippen molar-refractivity contribution >= 4 is 38.3 Å². The van der Waals surface area contributed by atoms with E-state index in [1.807, 2.05) is 31.2 Å². The summed E-state index contributed by atoms with van der Waals surface area (Å²) in [5, 5.41) is 14.0. The third kappa shape index (κ3) is 4.57. The van der Waals surface area contributed by atoms with Crippen LogP contribution in [0.2, 0.25) is 0 Å². The Balaban J connectivity index is 0.00000259. The second kappa shape index (κ2) is 9.75. The molecule has 4 nitrogen and oxygen atoms in total. The van der Waals surface area contributed by atoms with Gasteiger partial charge in [-0.2, -0.15) is 0 Å². The predicted molar refractivity (Wildman–Crippen MR) is 128 cm³/mol. The molecule has 2 atom stereocenters. The number of fused-ring (bicyclic) bond motifs is 2. The first-order chi connectivity index (χ1) is 15.4. The van der Waals surface area contributed by atoms with Gasteiger partial charge in [-0.15, -0.1) is 11.3 Å². The standard InChI is InChI=1S/C27H27NO3S.Na/c1-15-7-6-8-18(13-15)31-22-12-11-16(2)25-24(22)20(27(29)30)14-21(28-25)26-17(3)19-9-4-5-10-23(19)32-26;/h4-5,9-12,14-15,18H,6-8,13H2,1-3H3,(H,29,30);/q;+1/p-1/t15-,18+;/m1./s1. The maximum Gasteiger partial charge on any atom is 1.00 e. The van der Waals surface area contributed by atoms with E-state index >= 15 is 0 Å². The number of carbonyl (C=O) groups is 1. The number of carboxylic acid groups (broad SMARTS) is 1. The molecule has 4 aromatic rings. The molecule has 1 saturated carbocycles. The Morgan fingerprint density at radius 3 is 2.67 bits per heavy atom. The van der Waals surface area contributed by atoms with Crippen LogP contribution in [0.5, 0.6) is 5.75 Å². The molecule has 1 aliphatic carbocycles. The summed E-state index contributed by atoms with van der Waals surface area (Å²) in [7, 11) is 0. The van der Waals surface area contributed by atoms with Crippen molar-refractivity contribution in [3.63, 3.8) is 0 Å². The summed E-state index contributed by atoms with van der Waals surface area (Å²) in [6.45, 7) is 6.27. The van der Waals surface area contributed by atoms with Crippen LogP contribution in [0.15, 0.2) is 42.5 Å². The van der Waals surface area contributed by atoms with Crippen molar-refractivity contribution < 1.29 is 44.2 Å². The molecular weight excluding hydrogens is 441 g/mol. The van der Waals surface area contributed by atoms with Gasteiger partial charge in [0.1, 0.15) is 5.75 Å².